The molecular weight excluding hydrogens is 513 g/mol. The van der Waals surface area contributed by atoms with Crippen LogP contribution in [0.25, 0.3) is 0 Å². The van der Waals surface area contributed by atoms with Gasteiger partial charge in [0.15, 0.2) is 6.23 Å². The first kappa shape index (κ1) is 28.2. The summed E-state index contributed by atoms with van der Waals surface area (Å²) in [5.74, 6) is -0.975. The minimum atomic E-state index is -3.39. The number of carbonyl (C=O) groups excluding carboxylic acids is 1. The summed E-state index contributed by atoms with van der Waals surface area (Å²) in [6, 6.07) is 8.89. The third kappa shape index (κ3) is 7.10. The van der Waals surface area contributed by atoms with Crippen LogP contribution in [0, 0.1) is 5.92 Å². The Morgan fingerprint density at radius 1 is 1.25 bits per heavy atom. The van der Waals surface area contributed by atoms with Gasteiger partial charge < -0.3 is 28.7 Å². The smallest absolute Gasteiger partial charge is 0.330 e. The number of aromatic amines is 1. The van der Waals surface area contributed by atoms with E-state index in [1.807, 2.05) is 0 Å². The van der Waals surface area contributed by atoms with E-state index in [9.17, 15) is 24.6 Å². The second kappa shape index (κ2) is 12.2. The third-order valence-electron chi connectivity index (χ3n) is 5.29. The molecule has 4 N–H and O–H groups in total. The Balaban J connectivity index is 1.79. The van der Waals surface area contributed by atoms with Gasteiger partial charge in [-0.1, -0.05) is 18.2 Å². The van der Waals surface area contributed by atoms with Crippen LogP contribution in [0.4, 0.5) is 0 Å². The zero-order chi connectivity index (χ0) is 26.5. The third-order valence-corrected chi connectivity index (χ3v) is 7.79. The number of esters is 1. The summed E-state index contributed by atoms with van der Waals surface area (Å²) < 4.78 is 24.0. The van der Waals surface area contributed by atoms with Crippen molar-refractivity contribution in [1.82, 2.24) is 14.6 Å². The Morgan fingerprint density at radius 2 is 1.94 bits per heavy atom. The first-order valence-corrected chi connectivity index (χ1v) is 13.9. The van der Waals surface area contributed by atoms with Crippen molar-refractivity contribution in [1.29, 1.82) is 0 Å². The van der Waals surface area contributed by atoms with Gasteiger partial charge in [0.25, 0.3) is 5.56 Å². The molecule has 1 aliphatic rings. The highest BCUT2D eigenvalue weighted by Crippen LogP contribution is 2.46. The number of aliphatic hydroxyl groups excluding tert-OH is 2. The minimum absolute atomic E-state index is 0.236. The quantitative estimate of drug-likeness (QED) is 0.233. The number of aliphatic hydroxyl groups is 2. The van der Waals surface area contributed by atoms with E-state index in [-0.39, 0.29) is 12.7 Å². The lowest BCUT2D eigenvalue weighted by Crippen LogP contribution is -2.37. The fourth-order valence-electron chi connectivity index (χ4n) is 3.54. The first-order valence-electron chi connectivity index (χ1n) is 11.3. The van der Waals surface area contributed by atoms with Gasteiger partial charge >= 0.3 is 18.3 Å². The second-order valence-corrected chi connectivity index (χ2v) is 11.6. The summed E-state index contributed by atoms with van der Waals surface area (Å²) in [6.07, 6.45) is -2.49. The van der Waals surface area contributed by atoms with E-state index in [1.54, 1.807) is 51.1 Å². The monoisotopic (exact) mass is 543 g/mol. The average Bonchev–Trinajstić information content (AvgIpc) is 3.13. The van der Waals surface area contributed by atoms with Gasteiger partial charge in [0.2, 0.25) is 0 Å². The molecule has 2 unspecified atom stereocenters. The predicted octanol–water partition coefficient (Wildman–Crippen LogP) is 0.653. The molecule has 1 aromatic heterocycles. The number of H-pyrrole nitrogens is 1. The van der Waals surface area contributed by atoms with Gasteiger partial charge in [0.1, 0.15) is 17.9 Å². The van der Waals surface area contributed by atoms with Crippen molar-refractivity contribution >= 4 is 24.4 Å². The van der Waals surface area contributed by atoms with Crippen LogP contribution in [0.15, 0.2) is 52.2 Å². The molecule has 36 heavy (non-hydrogen) atoms. The summed E-state index contributed by atoms with van der Waals surface area (Å²) >= 11 is 5.66. The molecule has 2 aromatic rings. The molecule has 0 radical (unpaired) electrons. The number of rotatable bonds is 11. The van der Waals surface area contributed by atoms with E-state index >= 15 is 0 Å². The van der Waals surface area contributed by atoms with Crippen LogP contribution in [0.5, 0.6) is 5.75 Å². The second-order valence-electron chi connectivity index (χ2n) is 8.45. The molecule has 1 aliphatic heterocycles. The highest BCUT2D eigenvalue weighted by atomic mass is 32.5. The van der Waals surface area contributed by atoms with Crippen LogP contribution in [0.3, 0.4) is 0 Å². The predicted molar refractivity (Wildman–Crippen MR) is 133 cm³/mol. The Morgan fingerprint density at radius 3 is 2.56 bits per heavy atom. The van der Waals surface area contributed by atoms with E-state index in [1.165, 1.54) is 6.20 Å². The molecule has 0 aliphatic carbocycles. The molecule has 3 rings (SSSR count). The number of aromatic nitrogens is 2. The van der Waals surface area contributed by atoms with E-state index < -0.39 is 60.9 Å². The number of para-hydroxylation sites is 1. The van der Waals surface area contributed by atoms with Gasteiger partial charge in [-0.05, 0) is 44.7 Å². The van der Waals surface area contributed by atoms with Crippen LogP contribution >= 0.6 is 6.64 Å². The molecule has 12 nitrogen and oxygen atoms in total. The molecule has 1 fully saturated rings. The number of benzene rings is 1. The Labute approximate surface area is 212 Å². The van der Waals surface area contributed by atoms with Crippen molar-refractivity contribution in [3.05, 3.63) is 63.4 Å². The lowest BCUT2D eigenvalue weighted by atomic mass is 9.99. The highest BCUT2D eigenvalue weighted by Gasteiger charge is 2.45. The SMILES string of the molecule is CC(C)OC(=O)C(C)NP(=S)(OC[C@H]1O[C@@H](n2ccc(=O)[nH]c2=O)[C@H](O)[C@@H]1CO)Oc1ccccc1. The maximum absolute atomic E-state index is 12.4. The number of hydrogen-bond acceptors (Lipinski definition) is 10. The average molecular weight is 544 g/mol. The van der Waals surface area contributed by atoms with E-state index in [4.69, 9.17) is 30.3 Å². The highest BCUT2D eigenvalue weighted by molar-refractivity contribution is 8.09. The number of nitrogens with zero attached hydrogens (tertiary/aromatic N) is 1. The summed E-state index contributed by atoms with van der Waals surface area (Å²) in [4.78, 5) is 38.0. The number of ether oxygens (including phenoxy) is 2. The maximum atomic E-state index is 12.4. The van der Waals surface area contributed by atoms with Gasteiger partial charge in [-0.3, -0.25) is 19.1 Å². The summed E-state index contributed by atoms with van der Waals surface area (Å²) in [5.41, 5.74) is -1.38. The molecule has 198 valence electrons. The molecule has 1 saturated heterocycles. The number of carbonyl (C=O) groups is 1. The Hall–Kier alpha value is -2.38. The molecule has 6 atom stereocenters. The van der Waals surface area contributed by atoms with Crippen molar-refractivity contribution in [2.24, 2.45) is 5.92 Å². The maximum Gasteiger partial charge on any atom is 0.330 e. The first-order chi connectivity index (χ1) is 17.0. The van der Waals surface area contributed by atoms with Crippen molar-refractivity contribution in [2.45, 2.75) is 51.4 Å². The van der Waals surface area contributed by atoms with Crippen LogP contribution < -0.4 is 20.9 Å². The zero-order valence-corrected chi connectivity index (χ0v) is 21.7. The number of nitrogens with one attached hydrogen (secondary N) is 2. The Kier molecular flexibility index (Phi) is 9.59. The van der Waals surface area contributed by atoms with Crippen molar-refractivity contribution < 1.29 is 33.5 Å². The summed E-state index contributed by atoms with van der Waals surface area (Å²) in [6.45, 7) is 0.907. The molecule has 1 aromatic carbocycles. The summed E-state index contributed by atoms with van der Waals surface area (Å²) in [5, 5.41) is 23.5. The van der Waals surface area contributed by atoms with Gasteiger partial charge in [-0.15, -0.1) is 0 Å². The lowest BCUT2D eigenvalue weighted by Gasteiger charge is -2.28. The lowest BCUT2D eigenvalue weighted by molar-refractivity contribution is -0.149. The van der Waals surface area contributed by atoms with Crippen LogP contribution in [0.1, 0.15) is 27.0 Å². The van der Waals surface area contributed by atoms with Gasteiger partial charge in [0.05, 0.1) is 25.4 Å². The van der Waals surface area contributed by atoms with Crippen molar-refractivity contribution in [3.63, 3.8) is 0 Å². The standard InChI is InChI=1S/C22H30N3O9PS/c1-13(2)32-21(29)14(3)24-35(36,34-15-7-5-4-6-8-15)31-12-17-16(11-26)19(28)20(33-17)25-10-9-18(27)23-22(25)30/h4-10,13-14,16-17,19-20,26,28H,11-12H2,1-3H3,(H,24,36)(H,23,27,30)/t14?,16-,17-,19-,20-,35?/m1/s1. The Bertz CT molecular complexity index is 1190. The fourth-order valence-corrected chi connectivity index (χ4v) is 5.96. The van der Waals surface area contributed by atoms with E-state index in [2.05, 4.69) is 10.1 Å². The van der Waals surface area contributed by atoms with Gasteiger partial charge in [-0.2, -0.15) is 0 Å². The normalized spacial score (nSPS) is 24.3. The van der Waals surface area contributed by atoms with Crippen molar-refractivity contribution in [2.75, 3.05) is 13.2 Å². The molecule has 2 heterocycles. The number of hydrogen-bond donors (Lipinski definition) is 4. The fraction of sp³-hybridized carbons (Fsp3) is 0.500. The van der Waals surface area contributed by atoms with Crippen molar-refractivity contribution in [3.8, 4) is 5.75 Å². The zero-order valence-electron chi connectivity index (χ0n) is 20.0. The molecule has 0 amide bonds. The van der Waals surface area contributed by atoms with Gasteiger partial charge in [0, 0.05) is 18.2 Å². The molecular formula is C22H30N3O9PS. The van der Waals surface area contributed by atoms with Crippen LogP contribution in [-0.2, 0) is 30.6 Å². The minimum Gasteiger partial charge on any atom is -0.462 e. The molecule has 14 heteroatoms. The molecule has 0 spiro atoms. The van der Waals surface area contributed by atoms with E-state index in [0.29, 0.717) is 5.75 Å². The van der Waals surface area contributed by atoms with Gasteiger partial charge in [-0.25, -0.2) is 9.88 Å². The molecule has 0 saturated carbocycles. The topological polar surface area (TPSA) is 161 Å². The summed E-state index contributed by atoms with van der Waals surface area (Å²) in [7, 11) is 0. The van der Waals surface area contributed by atoms with E-state index in [0.717, 1.165) is 10.6 Å². The largest absolute Gasteiger partial charge is 0.462 e. The molecule has 0 bridgehead atoms. The van der Waals surface area contributed by atoms with Crippen LogP contribution in [0.2, 0.25) is 0 Å². The van der Waals surface area contributed by atoms with Crippen LogP contribution in [-0.4, -0.2) is 63.3 Å².